The zero-order chi connectivity index (χ0) is 4.50. The van der Waals surface area contributed by atoms with Crippen molar-refractivity contribution in [3.8, 4) is 0 Å². The van der Waals surface area contributed by atoms with Gasteiger partial charge in [0.1, 0.15) is 0 Å². The van der Waals surface area contributed by atoms with Crippen molar-refractivity contribution in [2.45, 2.75) is 0 Å². The monoisotopic (exact) mass is 279 g/mol. The van der Waals surface area contributed by atoms with Crippen LogP contribution in [0.1, 0.15) is 7.13 Å². The smallest absolute Gasteiger partial charge is 1.00 e. The molecule has 1 nitrogen and oxygen atoms in total. The summed E-state index contributed by atoms with van der Waals surface area (Å²) in [5, 5.41) is 0. The van der Waals surface area contributed by atoms with Gasteiger partial charge in [0, 0.05) is 0 Å². The first kappa shape index (κ1) is 6.08. The van der Waals surface area contributed by atoms with Crippen molar-refractivity contribution in [2.24, 2.45) is 0 Å². The van der Waals surface area contributed by atoms with Crippen LogP contribution in [-0.4, -0.2) is 18.2 Å². The van der Waals surface area contributed by atoms with Crippen molar-refractivity contribution in [1.82, 2.24) is 0 Å². The number of rotatable bonds is 0. The Morgan fingerprint density at radius 3 is 1.80 bits per heavy atom. The van der Waals surface area contributed by atoms with E-state index in [1.54, 1.807) is 0 Å². The van der Waals surface area contributed by atoms with Gasteiger partial charge in [-0.2, -0.15) is 0 Å². The second-order valence-electron chi connectivity index (χ2n) is 1.33. The third-order valence-electron chi connectivity index (χ3n) is 0. The summed E-state index contributed by atoms with van der Waals surface area (Å²) in [4.78, 5) is 8.65. The van der Waals surface area contributed by atoms with Gasteiger partial charge in [-0.3, -0.25) is 0 Å². The molecule has 0 fully saturated rings. The molecule has 0 heterocycles. The first-order valence-electron chi connectivity index (χ1n) is 1.38. The molecule has 0 saturated heterocycles. The molecular weight excluding hydrogens is 266 g/mol. The number of hydrogen-bond acceptors (Lipinski definition) is 1. The van der Waals surface area contributed by atoms with E-state index in [4.69, 9.17) is 4.89 Å². The fraction of sp³-hybridized carbons (Fsp3) is 1.00. The summed E-state index contributed by atoms with van der Waals surface area (Å²) in [6.07, 6.45) is 0. The van der Waals surface area contributed by atoms with Gasteiger partial charge in [0.25, 0.3) is 0 Å². The molecule has 0 unspecified atom stereocenters. The maximum atomic E-state index is 8.65. The zero-order valence-electron chi connectivity index (χ0n) is 8.26. The normalized spacial score (nSPS) is 15.0. The quantitative estimate of drug-likeness (QED) is 0.654. The van der Waals surface area contributed by atoms with Gasteiger partial charge >= 0.3 is 43.1 Å². The van der Waals surface area contributed by atoms with E-state index in [-0.39, 0.29) is 7.13 Å². The average Bonchev–Trinajstić information content (AvgIpc) is 0.722. The molecule has 0 aliphatic rings. The van der Waals surface area contributed by atoms with Crippen molar-refractivity contribution >= 4 is 5.58 Å². The Morgan fingerprint density at radius 2 is 1.80 bits per heavy atom. The first-order valence-corrected chi connectivity index (χ1v) is 7.55. The molecule has 1 N–H and O–H groups in total. The predicted molar refractivity (Wildman–Crippen MR) is 27.9 cm³/mol. The minimum atomic E-state index is -1.64. The molecular formula is C2H13OPPt. The topological polar surface area (TPSA) is 20.2 Å². The second-order valence-corrected chi connectivity index (χ2v) is 12.3. The molecule has 0 amide bonds. The van der Waals surface area contributed by atoms with E-state index in [2.05, 4.69) is 19.3 Å². The first-order chi connectivity index (χ1) is 2.00. The van der Waals surface area contributed by atoms with Gasteiger partial charge in [-0.1, -0.05) is 0 Å². The predicted octanol–water partition coefficient (Wildman–Crippen LogP) is 0.927. The molecule has 0 aromatic rings. The Bertz CT molecular complexity index is 35.1. The van der Waals surface area contributed by atoms with Crippen LogP contribution in [0.2, 0.25) is 0 Å². The van der Waals surface area contributed by atoms with E-state index >= 15 is 0 Å². The maximum Gasteiger partial charge on any atom is -1.00 e. The summed E-state index contributed by atoms with van der Waals surface area (Å²) in [5.74, 6) is 0. The van der Waals surface area contributed by atoms with Gasteiger partial charge in [0.2, 0.25) is 0 Å². The van der Waals surface area contributed by atoms with Gasteiger partial charge < -0.3 is 7.13 Å². The molecule has 42 valence electrons. The third kappa shape index (κ3) is 41.4. The van der Waals surface area contributed by atoms with Crippen LogP contribution in [0.3, 0.4) is 0 Å². The summed E-state index contributed by atoms with van der Waals surface area (Å²) >= 11 is 2.06. The molecule has 0 aliphatic carbocycles. The molecule has 0 aliphatic heterocycles. The molecule has 0 rings (SSSR count). The van der Waals surface area contributed by atoms with Crippen molar-refractivity contribution in [1.29, 1.82) is 0 Å². The third-order valence-corrected chi connectivity index (χ3v) is 0. The fourth-order valence-electron chi connectivity index (χ4n) is 0. The van der Waals surface area contributed by atoms with E-state index in [9.17, 15) is 0 Å². The summed E-state index contributed by atoms with van der Waals surface area (Å²) in [6, 6.07) is 0. The Morgan fingerprint density at radius 1 is 1.80 bits per heavy atom. The van der Waals surface area contributed by atoms with Crippen LogP contribution in [0.5, 0.6) is 0 Å². The van der Waals surface area contributed by atoms with Gasteiger partial charge in [0.15, 0.2) is 0 Å². The van der Waals surface area contributed by atoms with E-state index in [0.29, 0.717) is 0 Å². The molecule has 0 bridgehead atoms. The Balaban J connectivity index is -0.00000000800. The molecule has 0 radical (unpaired) electrons. The van der Waals surface area contributed by atoms with Crippen LogP contribution in [0.25, 0.3) is 0 Å². The standard InChI is InChI=1S/C2H7OP.Pt.5H/c1-4(2)3;;;;;;/h3H,1-2H3;;;;;;/q;+4;5*-1/p+1. The van der Waals surface area contributed by atoms with Gasteiger partial charge in [-0.25, -0.2) is 0 Å². The largest absolute Gasteiger partial charge is 1.00 e. The van der Waals surface area contributed by atoms with Gasteiger partial charge in [0.05, 0.1) is 0 Å². The molecule has 0 aromatic carbocycles. The summed E-state index contributed by atoms with van der Waals surface area (Å²) in [5.41, 5.74) is -1.64. The van der Waals surface area contributed by atoms with Crippen LogP contribution in [0.15, 0.2) is 0 Å². The molecule has 0 aromatic heterocycles. The molecule has 0 saturated carbocycles. The van der Waals surface area contributed by atoms with Gasteiger partial charge in [-0.15, -0.1) is 0 Å². The molecule has 5 heavy (non-hydrogen) atoms. The Kier molecular flexibility index (Phi) is 2.05. The SMILES string of the molecule is C[PH](C)(O)[Pt+5].[H-].[H-].[H-].[H-].[H-]. The van der Waals surface area contributed by atoms with E-state index < -0.39 is 5.58 Å². The van der Waals surface area contributed by atoms with Crippen LogP contribution in [-0.2, 0) is 19.3 Å². The van der Waals surface area contributed by atoms with Gasteiger partial charge in [-0.05, 0) is 0 Å². The Labute approximate surface area is 51.0 Å². The minimum absolute atomic E-state index is 0. The van der Waals surface area contributed by atoms with E-state index in [1.807, 2.05) is 13.3 Å². The van der Waals surface area contributed by atoms with Crippen LogP contribution in [0.4, 0.5) is 0 Å². The van der Waals surface area contributed by atoms with E-state index in [1.165, 1.54) is 0 Å². The van der Waals surface area contributed by atoms with Crippen LogP contribution >= 0.6 is 5.58 Å². The summed E-state index contributed by atoms with van der Waals surface area (Å²) in [7, 11) is 0. The zero-order valence-corrected chi connectivity index (χ0v) is 6.54. The second kappa shape index (κ2) is 1.69. The average molecular weight is 279 g/mol. The van der Waals surface area contributed by atoms with Crippen molar-refractivity contribution in [2.75, 3.05) is 13.3 Å². The summed E-state index contributed by atoms with van der Waals surface area (Å²) in [6.45, 7) is 3.74. The van der Waals surface area contributed by atoms with Crippen LogP contribution < -0.4 is 0 Å². The summed E-state index contributed by atoms with van der Waals surface area (Å²) < 4.78 is 0. The van der Waals surface area contributed by atoms with Crippen molar-refractivity contribution < 1.29 is 31.3 Å². The van der Waals surface area contributed by atoms with Crippen LogP contribution in [0, 0.1) is 0 Å². The van der Waals surface area contributed by atoms with Crippen molar-refractivity contribution in [3.05, 3.63) is 0 Å². The maximum absolute atomic E-state index is 8.65. The minimum Gasteiger partial charge on any atom is -1.00 e. The molecule has 0 atom stereocenters. The van der Waals surface area contributed by atoms with E-state index in [0.717, 1.165) is 0 Å². The fourth-order valence-corrected chi connectivity index (χ4v) is 0. The Hall–Kier alpha value is 1.08. The molecule has 3 heteroatoms. The molecule has 0 spiro atoms. The number of hydrogen-bond donors (Lipinski definition) is 1. The van der Waals surface area contributed by atoms with Crippen molar-refractivity contribution in [3.63, 3.8) is 0 Å².